The van der Waals surface area contributed by atoms with E-state index in [4.69, 9.17) is 0 Å². The fraction of sp³-hybridized carbons (Fsp3) is 0.385. The van der Waals surface area contributed by atoms with Crippen molar-refractivity contribution < 1.29 is 0 Å². The van der Waals surface area contributed by atoms with E-state index in [9.17, 15) is 0 Å². The summed E-state index contributed by atoms with van der Waals surface area (Å²) < 4.78 is 0.995. The smallest absolute Gasteiger partial charge is 0.0268 e. The Morgan fingerprint density at radius 1 is 1.33 bits per heavy atom. The van der Waals surface area contributed by atoms with Crippen LogP contribution in [0.3, 0.4) is 0 Å². The molecule has 15 heavy (non-hydrogen) atoms. The second-order valence-electron chi connectivity index (χ2n) is 3.89. The fourth-order valence-corrected chi connectivity index (χ4v) is 1.66. The monoisotopic (exact) mass is 267 g/mol. The quantitative estimate of drug-likeness (QED) is 0.859. The first-order chi connectivity index (χ1) is 7.11. The highest BCUT2D eigenvalue weighted by Crippen LogP contribution is 2.18. The van der Waals surface area contributed by atoms with Crippen molar-refractivity contribution >= 4 is 15.9 Å². The molecule has 0 aliphatic rings. The van der Waals surface area contributed by atoms with Gasteiger partial charge in [-0.25, -0.2) is 0 Å². The van der Waals surface area contributed by atoms with Gasteiger partial charge in [0.05, 0.1) is 0 Å². The van der Waals surface area contributed by atoms with Crippen LogP contribution in [0.15, 0.2) is 41.4 Å². The van der Waals surface area contributed by atoms with Crippen LogP contribution in [0.5, 0.6) is 0 Å². The molecule has 1 rings (SSSR count). The molecular formula is C13H18BrN. The van der Waals surface area contributed by atoms with Gasteiger partial charge in [-0.2, -0.15) is 0 Å². The molecule has 1 aromatic rings. The molecule has 2 heteroatoms. The fourth-order valence-electron chi connectivity index (χ4n) is 1.49. The van der Waals surface area contributed by atoms with Crippen LogP contribution in [0.4, 0.5) is 0 Å². The Bertz CT molecular complexity index is 308. The van der Waals surface area contributed by atoms with E-state index in [-0.39, 0.29) is 0 Å². The highest BCUT2D eigenvalue weighted by molar-refractivity contribution is 9.11. The third-order valence-electron chi connectivity index (χ3n) is 2.69. The third-order valence-corrected chi connectivity index (χ3v) is 2.97. The maximum Gasteiger partial charge on any atom is 0.0268 e. The van der Waals surface area contributed by atoms with Crippen LogP contribution >= 0.6 is 15.9 Å². The number of halogens is 1. The highest BCUT2D eigenvalue weighted by atomic mass is 79.9. The van der Waals surface area contributed by atoms with Gasteiger partial charge < -0.3 is 5.32 Å². The molecule has 0 heterocycles. The van der Waals surface area contributed by atoms with Gasteiger partial charge in [0, 0.05) is 17.1 Å². The van der Waals surface area contributed by atoms with Crippen molar-refractivity contribution in [1.29, 1.82) is 0 Å². The second-order valence-corrected chi connectivity index (χ2v) is 5.01. The van der Waals surface area contributed by atoms with Crippen molar-refractivity contribution in [2.75, 3.05) is 6.54 Å². The van der Waals surface area contributed by atoms with Crippen LogP contribution in [0, 0.1) is 0 Å². The van der Waals surface area contributed by atoms with Crippen LogP contribution in [-0.4, -0.2) is 12.6 Å². The molecule has 0 radical (unpaired) electrons. The molecule has 0 fully saturated rings. The van der Waals surface area contributed by atoms with Gasteiger partial charge in [0.25, 0.3) is 0 Å². The van der Waals surface area contributed by atoms with Crippen LogP contribution in [0.25, 0.3) is 0 Å². The second kappa shape index (κ2) is 6.09. The van der Waals surface area contributed by atoms with Crippen molar-refractivity contribution in [2.24, 2.45) is 0 Å². The molecule has 0 aliphatic heterocycles. The SMILES string of the molecule is C=C(Br)CNC(C)C(C)c1ccccc1. The van der Waals surface area contributed by atoms with Crippen LogP contribution < -0.4 is 5.32 Å². The van der Waals surface area contributed by atoms with Gasteiger partial charge in [0.1, 0.15) is 0 Å². The van der Waals surface area contributed by atoms with Crippen molar-refractivity contribution in [2.45, 2.75) is 25.8 Å². The molecule has 0 aliphatic carbocycles. The third kappa shape index (κ3) is 4.18. The summed E-state index contributed by atoms with van der Waals surface area (Å²) in [7, 11) is 0. The molecule has 0 bridgehead atoms. The zero-order valence-corrected chi connectivity index (χ0v) is 10.9. The minimum Gasteiger partial charge on any atom is -0.309 e. The lowest BCUT2D eigenvalue weighted by Crippen LogP contribution is -2.31. The topological polar surface area (TPSA) is 12.0 Å². The van der Waals surface area contributed by atoms with E-state index < -0.39 is 0 Å². The summed E-state index contributed by atoms with van der Waals surface area (Å²) in [5.41, 5.74) is 1.37. The Balaban J connectivity index is 2.53. The van der Waals surface area contributed by atoms with Crippen molar-refractivity contribution in [3.8, 4) is 0 Å². The standard InChI is InChI=1S/C13H18BrN/c1-10(14)9-15-12(3)11(2)13-7-5-4-6-8-13/h4-8,11-12,15H,1,9H2,2-3H3. The summed E-state index contributed by atoms with van der Waals surface area (Å²) in [4.78, 5) is 0. The summed E-state index contributed by atoms with van der Waals surface area (Å²) in [5.74, 6) is 0.512. The maximum absolute atomic E-state index is 3.81. The van der Waals surface area contributed by atoms with Crippen molar-refractivity contribution in [3.63, 3.8) is 0 Å². The van der Waals surface area contributed by atoms with Gasteiger partial charge >= 0.3 is 0 Å². The largest absolute Gasteiger partial charge is 0.309 e. The first-order valence-corrected chi connectivity index (χ1v) is 6.02. The molecular weight excluding hydrogens is 250 g/mol. The Morgan fingerprint density at radius 3 is 2.47 bits per heavy atom. The first kappa shape index (κ1) is 12.5. The molecule has 0 saturated carbocycles. The Morgan fingerprint density at radius 2 is 1.93 bits per heavy atom. The Kier molecular flexibility index (Phi) is 5.06. The van der Waals surface area contributed by atoms with E-state index in [2.05, 4.69) is 72.0 Å². The summed E-state index contributed by atoms with van der Waals surface area (Å²) in [5, 5.41) is 3.43. The Hall–Kier alpha value is -0.600. The summed E-state index contributed by atoms with van der Waals surface area (Å²) in [6.07, 6.45) is 0. The lowest BCUT2D eigenvalue weighted by Gasteiger charge is -2.21. The minimum absolute atomic E-state index is 0.446. The predicted molar refractivity (Wildman–Crippen MR) is 70.4 cm³/mol. The number of benzene rings is 1. The summed E-state index contributed by atoms with van der Waals surface area (Å²) in [6, 6.07) is 11.0. The molecule has 0 saturated heterocycles. The van der Waals surface area contributed by atoms with E-state index in [1.807, 2.05) is 0 Å². The van der Waals surface area contributed by atoms with Crippen LogP contribution in [0.2, 0.25) is 0 Å². The van der Waals surface area contributed by atoms with Gasteiger partial charge in [0.15, 0.2) is 0 Å². The van der Waals surface area contributed by atoms with E-state index in [1.165, 1.54) is 5.56 Å². The summed E-state index contributed by atoms with van der Waals surface area (Å²) in [6.45, 7) is 9.07. The number of nitrogens with one attached hydrogen (secondary N) is 1. The Labute approximate surface area is 101 Å². The van der Waals surface area contributed by atoms with Gasteiger partial charge in [-0.3, -0.25) is 0 Å². The average Bonchev–Trinajstić information content (AvgIpc) is 2.26. The minimum atomic E-state index is 0.446. The molecule has 1 nitrogen and oxygen atoms in total. The number of rotatable bonds is 5. The van der Waals surface area contributed by atoms with Gasteiger partial charge in [-0.05, 0) is 18.4 Å². The van der Waals surface area contributed by atoms with Crippen LogP contribution in [0.1, 0.15) is 25.3 Å². The number of hydrogen-bond acceptors (Lipinski definition) is 1. The first-order valence-electron chi connectivity index (χ1n) is 5.23. The normalized spacial score (nSPS) is 14.6. The lowest BCUT2D eigenvalue weighted by atomic mass is 9.94. The van der Waals surface area contributed by atoms with Crippen molar-refractivity contribution in [3.05, 3.63) is 47.0 Å². The average molecular weight is 268 g/mol. The van der Waals surface area contributed by atoms with Crippen molar-refractivity contribution in [1.82, 2.24) is 5.32 Å². The van der Waals surface area contributed by atoms with Gasteiger partial charge in [-0.15, -0.1) is 0 Å². The summed E-state index contributed by atoms with van der Waals surface area (Å²) >= 11 is 3.35. The van der Waals surface area contributed by atoms with E-state index in [0.717, 1.165) is 11.0 Å². The molecule has 2 atom stereocenters. The predicted octanol–water partition coefficient (Wildman–Crippen LogP) is 3.68. The molecule has 0 spiro atoms. The molecule has 1 aromatic carbocycles. The van der Waals surface area contributed by atoms with E-state index in [1.54, 1.807) is 0 Å². The van der Waals surface area contributed by atoms with Gasteiger partial charge in [0.2, 0.25) is 0 Å². The van der Waals surface area contributed by atoms with E-state index in [0.29, 0.717) is 12.0 Å². The molecule has 2 unspecified atom stereocenters. The zero-order valence-electron chi connectivity index (χ0n) is 9.33. The molecule has 0 amide bonds. The van der Waals surface area contributed by atoms with Crippen LogP contribution in [-0.2, 0) is 0 Å². The molecule has 1 N–H and O–H groups in total. The lowest BCUT2D eigenvalue weighted by molar-refractivity contribution is 0.504. The molecule has 82 valence electrons. The zero-order chi connectivity index (χ0) is 11.3. The van der Waals surface area contributed by atoms with Gasteiger partial charge in [-0.1, -0.05) is 59.8 Å². The van der Waals surface area contributed by atoms with E-state index >= 15 is 0 Å². The maximum atomic E-state index is 3.81. The highest BCUT2D eigenvalue weighted by Gasteiger charge is 2.12. The number of hydrogen-bond donors (Lipinski definition) is 1. The molecule has 0 aromatic heterocycles.